The SMILES string of the molecule is CC(=O)OC[C@@H]1[C@H](C)CN1C(=O)c1ccccn1. The Kier molecular flexibility index (Phi) is 3.60. The van der Waals surface area contributed by atoms with Crippen LogP contribution in [0.1, 0.15) is 24.3 Å². The fraction of sp³-hybridized carbons (Fsp3) is 0.462. The van der Waals surface area contributed by atoms with Crippen molar-refractivity contribution < 1.29 is 14.3 Å². The van der Waals surface area contributed by atoms with E-state index in [1.807, 2.05) is 6.92 Å². The van der Waals surface area contributed by atoms with Gasteiger partial charge in [0.15, 0.2) is 0 Å². The number of hydrogen-bond donors (Lipinski definition) is 0. The Bertz CT molecular complexity index is 447. The maximum atomic E-state index is 12.2. The van der Waals surface area contributed by atoms with Gasteiger partial charge in [0.25, 0.3) is 5.91 Å². The summed E-state index contributed by atoms with van der Waals surface area (Å²) in [4.78, 5) is 28.7. The Morgan fingerprint density at radius 2 is 2.28 bits per heavy atom. The summed E-state index contributed by atoms with van der Waals surface area (Å²) in [6.45, 7) is 4.35. The lowest BCUT2D eigenvalue weighted by Crippen LogP contribution is -2.59. The van der Waals surface area contributed by atoms with Crippen LogP contribution in [0.15, 0.2) is 24.4 Å². The third-order valence-corrected chi connectivity index (χ3v) is 3.14. The number of carbonyl (C=O) groups is 2. The summed E-state index contributed by atoms with van der Waals surface area (Å²) in [5.74, 6) is -0.0813. The second kappa shape index (κ2) is 5.16. The Hall–Kier alpha value is -1.91. The van der Waals surface area contributed by atoms with Crippen LogP contribution in [0.25, 0.3) is 0 Å². The Morgan fingerprint density at radius 1 is 1.50 bits per heavy atom. The van der Waals surface area contributed by atoms with Crippen molar-refractivity contribution in [3.63, 3.8) is 0 Å². The molecule has 0 aromatic carbocycles. The average Bonchev–Trinajstić information content (AvgIpc) is 2.36. The van der Waals surface area contributed by atoms with E-state index in [4.69, 9.17) is 4.74 Å². The number of esters is 1. The van der Waals surface area contributed by atoms with E-state index in [-0.39, 0.29) is 24.5 Å². The van der Waals surface area contributed by atoms with Gasteiger partial charge in [0, 0.05) is 19.7 Å². The molecule has 96 valence electrons. The molecule has 0 spiro atoms. The molecule has 18 heavy (non-hydrogen) atoms. The minimum absolute atomic E-state index is 0.0385. The Labute approximate surface area is 106 Å². The lowest BCUT2D eigenvalue weighted by atomic mass is 9.90. The third kappa shape index (κ3) is 2.50. The van der Waals surface area contributed by atoms with Crippen LogP contribution in [0.4, 0.5) is 0 Å². The number of hydrogen-bond acceptors (Lipinski definition) is 4. The van der Waals surface area contributed by atoms with Gasteiger partial charge in [0.1, 0.15) is 12.3 Å². The summed E-state index contributed by atoms with van der Waals surface area (Å²) < 4.78 is 4.98. The number of likely N-dealkylation sites (tertiary alicyclic amines) is 1. The van der Waals surface area contributed by atoms with Gasteiger partial charge in [0.05, 0.1) is 6.04 Å². The highest BCUT2D eigenvalue weighted by molar-refractivity contribution is 5.93. The van der Waals surface area contributed by atoms with E-state index in [0.717, 1.165) is 0 Å². The van der Waals surface area contributed by atoms with Crippen molar-refractivity contribution >= 4 is 11.9 Å². The van der Waals surface area contributed by atoms with Crippen molar-refractivity contribution in [2.45, 2.75) is 19.9 Å². The lowest BCUT2D eigenvalue weighted by molar-refractivity contribution is -0.145. The summed E-state index contributed by atoms with van der Waals surface area (Å²) in [7, 11) is 0. The molecule has 0 unspecified atom stereocenters. The van der Waals surface area contributed by atoms with Gasteiger partial charge < -0.3 is 9.64 Å². The first-order valence-electron chi connectivity index (χ1n) is 5.95. The monoisotopic (exact) mass is 248 g/mol. The Balaban J connectivity index is 2.01. The number of ether oxygens (including phenoxy) is 1. The molecule has 2 rings (SSSR count). The zero-order chi connectivity index (χ0) is 13.1. The molecule has 1 aliphatic rings. The van der Waals surface area contributed by atoms with E-state index in [2.05, 4.69) is 4.98 Å². The minimum atomic E-state index is -0.320. The van der Waals surface area contributed by atoms with Crippen LogP contribution < -0.4 is 0 Å². The smallest absolute Gasteiger partial charge is 0.302 e. The van der Waals surface area contributed by atoms with Crippen molar-refractivity contribution in [1.82, 2.24) is 9.88 Å². The first-order chi connectivity index (χ1) is 8.59. The molecule has 1 aromatic rings. The van der Waals surface area contributed by atoms with Crippen LogP contribution in [0.2, 0.25) is 0 Å². The van der Waals surface area contributed by atoms with Gasteiger partial charge in [-0.1, -0.05) is 13.0 Å². The molecule has 0 radical (unpaired) electrons. The van der Waals surface area contributed by atoms with Crippen molar-refractivity contribution in [3.8, 4) is 0 Å². The highest BCUT2D eigenvalue weighted by atomic mass is 16.5. The van der Waals surface area contributed by atoms with E-state index < -0.39 is 0 Å². The standard InChI is InChI=1S/C13H16N2O3/c1-9-7-15(12(9)8-18-10(2)16)13(17)11-5-3-4-6-14-11/h3-6,9,12H,7-8H2,1-2H3/t9-,12-/m1/s1. The molecule has 1 saturated heterocycles. The summed E-state index contributed by atoms with van der Waals surface area (Å²) in [5, 5.41) is 0. The molecule has 0 aliphatic carbocycles. The van der Waals surface area contributed by atoms with Crippen molar-refractivity contribution in [3.05, 3.63) is 30.1 Å². The minimum Gasteiger partial charge on any atom is -0.464 e. The van der Waals surface area contributed by atoms with E-state index in [0.29, 0.717) is 18.2 Å². The van der Waals surface area contributed by atoms with Gasteiger partial charge in [-0.15, -0.1) is 0 Å². The van der Waals surface area contributed by atoms with Crippen LogP contribution in [-0.4, -0.2) is 41.0 Å². The molecule has 1 aromatic heterocycles. The molecular formula is C13H16N2O3. The molecule has 0 saturated carbocycles. The second-order valence-electron chi connectivity index (χ2n) is 4.52. The Morgan fingerprint density at radius 3 is 2.83 bits per heavy atom. The average molecular weight is 248 g/mol. The van der Waals surface area contributed by atoms with Gasteiger partial charge in [0.2, 0.25) is 0 Å². The summed E-state index contributed by atoms with van der Waals surface area (Å²) in [6.07, 6.45) is 1.59. The van der Waals surface area contributed by atoms with Gasteiger partial charge in [-0.05, 0) is 18.1 Å². The van der Waals surface area contributed by atoms with E-state index >= 15 is 0 Å². The van der Waals surface area contributed by atoms with Crippen molar-refractivity contribution in [1.29, 1.82) is 0 Å². The van der Waals surface area contributed by atoms with Crippen LogP contribution in [0, 0.1) is 5.92 Å². The predicted octanol–water partition coefficient (Wildman–Crippen LogP) is 1.11. The first kappa shape index (κ1) is 12.5. The quantitative estimate of drug-likeness (QED) is 0.752. The van der Waals surface area contributed by atoms with E-state index in [1.54, 1.807) is 29.3 Å². The molecule has 0 bridgehead atoms. The third-order valence-electron chi connectivity index (χ3n) is 3.14. The van der Waals surface area contributed by atoms with Crippen LogP contribution >= 0.6 is 0 Å². The van der Waals surface area contributed by atoms with Crippen molar-refractivity contribution in [2.24, 2.45) is 5.92 Å². The van der Waals surface area contributed by atoms with Gasteiger partial charge in [-0.3, -0.25) is 14.6 Å². The molecular weight excluding hydrogens is 232 g/mol. The van der Waals surface area contributed by atoms with Crippen LogP contribution in [0.5, 0.6) is 0 Å². The summed E-state index contributed by atoms with van der Waals surface area (Å²) in [5.41, 5.74) is 0.428. The van der Waals surface area contributed by atoms with Gasteiger partial charge in [-0.2, -0.15) is 0 Å². The fourth-order valence-corrected chi connectivity index (χ4v) is 2.06. The molecule has 2 atom stereocenters. The number of aromatic nitrogens is 1. The second-order valence-corrected chi connectivity index (χ2v) is 4.52. The topological polar surface area (TPSA) is 59.5 Å². The molecule has 0 N–H and O–H groups in total. The molecule has 1 aliphatic heterocycles. The van der Waals surface area contributed by atoms with Crippen molar-refractivity contribution in [2.75, 3.05) is 13.2 Å². The number of pyridine rings is 1. The highest BCUT2D eigenvalue weighted by Crippen LogP contribution is 2.26. The number of carbonyl (C=O) groups excluding carboxylic acids is 2. The highest BCUT2D eigenvalue weighted by Gasteiger charge is 2.40. The largest absolute Gasteiger partial charge is 0.464 e. The van der Waals surface area contributed by atoms with Gasteiger partial charge >= 0.3 is 5.97 Å². The molecule has 5 nitrogen and oxygen atoms in total. The van der Waals surface area contributed by atoms with E-state index in [9.17, 15) is 9.59 Å². The first-order valence-corrected chi connectivity index (χ1v) is 5.95. The molecule has 5 heteroatoms. The normalized spacial score (nSPS) is 22.2. The maximum Gasteiger partial charge on any atom is 0.302 e. The molecule has 1 fully saturated rings. The zero-order valence-electron chi connectivity index (χ0n) is 10.5. The lowest BCUT2D eigenvalue weighted by Gasteiger charge is -2.45. The summed E-state index contributed by atoms with van der Waals surface area (Å²) >= 11 is 0. The fourth-order valence-electron chi connectivity index (χ4n) is 2.06. The molecule has 1 amide bonds. The number of amides is 1. The number of rotatable bonds is 3. The molecule has 2 heterocycles. The van der Waals surface area contributed by atoms with E-state index in [1.165, 1.54) is 6.92 Å². The number of nitrogens with zero attached hydrogens (tertiary/aromatic N) is 2. The summed E-state index contributed by atoms with van der Waals surface area (Å²) in [6, 6.07) is 5.20. The van der Waals surface area contributed by atoms with Crippen LogP contribution in [0.3, 0.4) is 0 Å². The zero-order valence-corrected chi connectivity index (χ0v) is 10.5. The van der Waals surface area contributed by atoms with Gasteiger partial charge in [-0.25, -0.2) is 0 Å². The predicted molar refractivity (Wildman–Crippen MR) is 64.9 cm³/mol. The van der Waals surface area contributed by atoms with Crippen LogP contribution in [-0.2, 0) is 9.53 Å². The maximum absolute atomic E-state index is 12.2.